The van der Waals surface area contributed by atoms with E-state index in [1.165, 1.54) is 9.42 Å². The van der Waals surface area contributed by atoms with Crippen molar-refractivity contribution in [2.75, 3.05) is 24.4 Å². The van der Waals surface area contributed by atoms with Gasteiger partial charge in [-0.3, -0.25) is 14.6 Å². The number of amides is 1. The molecular weight excluding hydrogens is 807 g/mol. The van der Waals surface area contributed by atoms with Gasteiger partial charge in [-0.2, -0.15) is 19.2 Å². The predicted octanol–water partition coefficient (Wildman–Crippen LogP) is 5.54. The van der Waals surface area contributed by atoms with Crippen LogP contribution >= 0.6 is 55.1 Å². The molecule has 0 atom stereocenters. The highest BCUT2D eigenvalue weighted by atomic mass is 79.9. The third-order valence-electron chi connectivity index (χ3n) is 6.58. The summed E-state index contributed by atoms with van der Waals surface area (Å²) in [6.45, 7) is 6.25. The Morgan fingerprint density at radius 3 is 2.06 bits per heavy atom. The Bertz CT molecular complexity index is 2100. The molecule has 0 saturated heterocycles. The first-order valence-electron chi connectivity index (χ1n) is 14.6. The number of fused-ring (bicyclic) bond motifs is 2. The topological polar surface area (TPSA) is 128 Å². The number of anilines is 2. The molecule has 6 heterocycles. The van der Waals surface area contributed by atoms with Crippen LogP contribution in [0.4, 0.5) is 16.4 Å². The molecule has 0 radical (unpaired) electrons. The van der Waals surface area contributed by atoms with Gasteiger partial charge in [0, 0.05) is 51.4 Å². The first kappa shape index (κ1) is 36.0. The Hall–Kier alpha value is -4.25. The molecule has 0 saturated carbocycles. The molecule has 0 fully saturated rings. The lowest BCUT2D eigenvalue weighted by Crippen LogP contribution is -2.41. The number of hydrogen-bond acceptors (Lipinski definition) is 9. The van der Waals surface area contributed by atoms with Gasteiger partial charge >= 0.3 is 6.09 Å². The average Bonchev–Trinajstić information content (AvgIpc) is 3.63. The number of carbonyl (C=O) groups excluding carboxylic acids is 1. The van der Waals surface area contributed by atoms with Gasteiger partial charge in [-0.1, -0.05) is 23.2 Å². The Morgan fingerprint density at radius 2 is 1.45 bits per heavy atom. The molecule has 6 aromatic heterocycles. The molecular formula is C31H32Br2Cl2N10O4+2. The fourth-order valence-corrected chi connectivity index (χ4v) is 5.53. The maximum absolute atomic E-state index is 13.0. The number of pyridine rings is 2. The number of hydrogen-bond donors (Lipinski definition) is 1. The Labute approximate surface area is 308 Å². The SMILES string of the molecule is CO[n+]1cccc(CN(C(=O)OC(C)(C)C)c2cc(Cl)nc3c(Br)cnn23)c1.CO[n+]1cccc(CNc2cc(Cl)nc3c(Br)cnn23)c1. The van der Waals surface area contributed by atoms with Crippen molar-refractivity contribution >= 4 is 84.1 Å². The van der Waals surface area contributed by atoms with Gasteiger partial charge in [-0.05, 0) is 64.8 Å². The van der Waals surface area contributed by atoms with Gasteiger partial charge in [-0.25, -0.2) is 14.8 Å². The van der Waals surface area contributed by atoms with Crippen LogP contribution in [0.25, 0.3) is 11.3 Å². The molecule has 256 valence electrons. The zero-order valence-corrected chi connectivity index (χ0v) is 31.7. The smallest absolute Gasteiger partial charge is 0.416 e. The summed E-state index contributed by atoms with van der Waals surface area (Å²) in [6, 6.07) is 10.9. The molecule has 14 nitrogen and oxygen atoms in total. The van der Waals surface area contributed by atoms with Crippen molar-refractivity contribution in [3.63, 3.8) is 0 Å². The van der Waals surface area contributed by atoms with Crippen LogP contribution in [-0.4, -0.2) is 55.1 Å². The quantitative estimate of drug-likeness (QED) is 0.155. The summed E-state index contributed by atoms with van der Waals surface area (Å²) >= 11 is 19.0. The van der Waals surface area contributed by atoms with E-state index in [1.54, 1.807) is 65.1 Å². The maximum atomic E-state index is 13.0. The minimum atomic E-state index is -0.668. The van der Waals surface area contributed by atoms with E-state index in [1.807, 2.05) is 57.4 Å². The first-order valence-corrected chi connectivity index (χ1v) is 16.9. The third-order valence-corrected chi connectivity index (χ3v) is 8.08. The minimum absolute atomic E-state index is 0.214. The van der Waals surface area contributed by atoms with E-state index in [4.69, 9.17) is 37.6 Å². The van der Waals surface area contributed by atoms with Gasteiger partial charge in [0.1, 0.15) is 41.8 Å². The predicted molar refractivity (Wildman–Crippen MR) is 189 cm³/mol. The normalized spacial score (nSPS) is 11.2. The summed E-state index contributed by atoms with van der Waals surface area (Å²) in [7, 11) is 3.17. The van der Waals surface area contributed by atoms with Crippen molar-refractivity contribution < 1.29 is 28.7 Å². The molecule has 0 bridgehead atoms. The molecule has 1 amide bonds. The lowest BCUT2D eigenvalue weighted by molar-refractivity contribution is -0.885. The molecule has 49 heavy (non-hydrogen) atoms. The Morgan fingerprint density at radius 1 is 0.898 bits per heavy atom. The number of aromatic nitrogens is 8. The molecule has 6 aromatic rings. The Kier molecular flexibility index (Phi) is 11.4. The highest BCUT2D eigenvalue weighted by Gasteiger charge is 2.27. The summed E-state index contributed by atoms with van der Waals surface area (Å²) in [5.74, 6) is 1.20. The number of carbonyl (C=O) groups is 1. The lowest BCUT2D eigenvalue weighted by atomic mass is 10.2. The van der Waals surface area contributed by atoms with Crippen molar-refractivity contribution in [1.82, 2.24) is 29.2 Å². The van der Waals surface area contributed by atoms with Crippen LogP contribution in [-0.2, 0) is 17.8 Å². The van der Waals surface area contributed by atoms with Gasteiger partial charge < -0.3 is 10.1 Å². The summed E-state index contributed by atoms with van der Waals surface area (Å²) in [4.78, 5) is 33.3. The molecule has 18 heteroatoms. The molecule has 1 N–H and O–H groups in total. The van der Waals surface area contributed by atoms with E-state index in [0.717, 1.165) is 21.4 Å². The largest absolute Gasteiger partial charge is 0.443 e. The molecule has 0 aliphatic carbocycles. The first-order chi connectivity index (χ1) is 23.3. The van der Waals surface area contributed by atoms with Crippen molar-refractivity contribution in [2.24, 2.45) is 0 Å². The van der Waals surface area contributed by atoms with Crippen molar-refractivity contribution in [3.8, 4) is 0 Å². The van der Waals surface area contributed by atoms with E-state index < -0.39 is 11.7 Å². The highest BCUT2D eigenvalue weighted by Crippen LogP contribution is 2.27. The van der Waals surface area contributed by atoms with Gasteiger partial charge in [0.15, 0.2) is 11.3 Å². The third kappa shape index (κ3) is 9.06. The van der Waals surface area contributed by atoms with E-state index in [-0.39, 0.29) is 11.7 Å². The standard InChI is InChI=1S/C18H20BrClN5O3.C13H12BrClN5O/c1-18(2,3)28-17(26)24(11-12-6-5-7-23(10-12)27-4)15-8-14(20)22-16-13(19)9-21-25(15)16;1-21-19-4-2-3-9(8-19)6-16-12-5-11(15)18-13-10(14)7-17-20(12)13/h5-10H,11H2,1-4H3;2-5,7-8,16H,6H2,1H3/q2*+1. The van der Waals surface area contributed by atoms with Crippen LogP contribution in [0.5, 0.6) is 0 Å². The lowest BCUT2D eigenvalue weighted by Gasteiger charge is -2.27. The fraction of sp³-hybridized carbons (Fsp3) is 0.258. The summed E-state index contributed by atoms with van der Waals surface area (Å²) in [6.07, 6.45) is 10.0. The molecule has 0 unspecified atom stereocenters. The molecule has 0 aromatic carbocycles. The maximum Gasteiger partial charge on any atom is 0.416 e. The molecule has 0 spiro atoms. The highest BCUT2D eigenvalue weighted by molar-refractivity contribution is 9.11. The summed E-state index contributed by atoms with van der Waals surface area (Å²) in [5, 5.41) is 12.5. The number of ether oxygens (including phenoxy) is 1. The Balaban J connectivity index is 0.000000199. The molecule has 6 rings (SSSR count). The minimum Gasteiger partial charge on any atom is -0.443 e. The van der Waals surface area contributed by atoms with Crippen molar-refractivity contribution in [2.45, 2.75) is 39.5 Å². The second-order valence-corrected chi connectivity index (χ2v) is 13.8. The van der Waals surface area contributed by atoms with E-state index in [2.05, 4.69) is 57.3 Å². The molecule has 0 aliphatic heterocycles. The number of nitrogens with one attached hydrogen (secondary N) is 1. The van der Waals surface area contributed by atoms with E-state index in [0.29, 0.717) is 33.3 Å². The van der Waals surface area contributed by atoms with Crippen LogP contribution in [0, 0.1) is 0 Å². The summed E-state index contributed by atoms with van der Waals surface area (Å²) in [5.41, 5.74) is 2.38. The van der Waals surface area contributed by atoms with Crippen LogP contribution in [0.15, 0.2) is 82.5 Å². The number of nitrogens with zero attached hydrogens (tertiary/aromatic N) is 9. The number of rotatable bonds is 8. The van der Waals surface area contributed by atoms with Crippen molar-refractivity contribution in [1.29, 1.82) is 0 Å². The molecule has 0 aliphatic rings. The van der Waals surface area contributed by atoms with Gasteiger partial charge in [0.2, 0.25) is 24.8 Å². The van der Waals surface area contributed by atoms with Crippen LogP contribution < -0.4 is 29.4 Å². The zero-order valence-electron chi connectivity index (χ0n) is 27.0. The van der Waals surface area contributed by atoms with Crippen LogP contribution in [0.2, 0.25) is 10.3 Å². The van der Waals surface area contributed by atoms with Gasteiger partial charge in [0.05, 0.1) is 27.9 Å². The van der Waals surface area contributed by atoms with Crippen LogP contribution in [0.3, 0.4) is 0 Å². The number of halogens is 4. The second kappa shape index (κ2) is 15.5. The van der Waals surface area contributed by atoms with E-state index in [9.17, 15) is 4.79 Å². The average molecular weight is 839 g/mol. The zero-order chi connectivity index (χ0) is 35.3. The van der Waals surface area contributed by atoms with E-state index >= 15 is 0 Å². The second-order valence-electron chi connectivity index (χ2n) is 11.3. The van der Waals surface area contributed by atoms with Gasteiger partial charge in [-0.15, -0.1) is 0 Å². The fourth-order valence-electron chi connectivity index (χ4n) is 4.47. The van der Waals surface area contributed by atoms with Crippen LogP contribution in [0.1, 0.15) is 31.9 Å². The monoisotopic (exact) mass is 836 g/mol. The summed E-state index contributed by atoms with van der Waals surface area (Å²) < 4.78 is 13.5. The van der Waals surface area contributed by atoms with Crippen molar-refractivity contribution in [3.05, 3.63) is 104 Å². The van der Waals surface area contributed by atoms with Gasteiger partial charge in [0.25, 0.3) is 0 Å².